The number of hydrazine groups is 1. The zero-order valence-electron chi connectivity index (χ0n) is 13.2. The molecule has 3 rings (SSSR count). The molecule has 126 valence electrons. The first-order chi connectivity index (χ1) is 12.0. The monoisotopic (exact) mass is 372 g/mol. The maximum atomic E-state index is 13.8. The van der Waals surface area contributed by atoms with Crippen LogP contribution < -0.4 is 5.43 Å². The van der Waals surface area contributed by atoms with Gasteiger partial charge in [-0.1, -0.05) is 48.2 Å². The van der Waals surface area contributed by atoms with E-state index in [1.807, 2.05) is 6.07 Å². The van der Waals surface area contributed by atoms with Crippen molar-refractivity contribution in [3.8, 4) is 0 Å². The number of carbonyl (C=O) groups is 2. The normalized spacial score (nSPS) is 15.8. The van der Waals surface area contributed by atoms with E-state index in [1.165, 1.54) is 12.1 Å². The highest BCUT2D eigenvalue weighted by molar-refractivity contribution is 8.26. The zero-order valence-corrected chi connectivity index (χ0v) is 14.8. The van der Waals surface area contributed by atoms with Crippen LogP contribution in [0.4, 0.5) is 4.39 Å². The van der Waals surface area contributed by atoms with Crippen LogP contribution in [0.25, 0.3) is 6.08 Å². The molecule has 0 bridgehead atoms. The Morgan fingerprint density at radius 2 is 1.88 bits per heavy atom. The van der Waals surface area contributed by atoms with E-state index >= 15 is 0 Å². The SMILES string of the molecule is Cc1ccccc1C(=O)NN1C(=O)/C(=C/c2ccccc2F)SC1=S. The summed E-state index contributed by atoms with van der Waals surface area (Å²) >= 11 is 6.18. The fraction of sp³-hybridized carbons (Fsp3) is 0.0556. The summed E-state index contributed by atoms with van der Waals surface area (Å²) in [6.07, 6.45) is 1.43. The summed E-state index contributed by atoms with van der Waals surface area (Å²) in [5.74, 6) is -1.35. The first kappa shape index (κ1) is 17.3. The number of nitrogens with zero attached hydrogens (tertiary/aromatic N) is 1. The molecule has 1 saturated heterocycles. The lowest BCUT2D eigenvalue weighted by Gasteiger charge is -2.16. The molecule has 0 saturated carbocycles. The fourth-order valence-corrected chi connectivity index (χ4v) is 3.46. The highest BCUT2D eigenvalue weighted by Crippen LogP contribution is 2.31. The molecule has 0 atom stereocenters. The second-order valence-corrected chi connectivity index (χ2v) is 6.97. The average Bonchev–Trinajstić information content (AvgIpc) is 2.85. The van der Waals surface area contributed by atoms with Crippen molar-refractivity contribution in [2.45, 2.75) is 6.92 Å². The molecule has 4 nitrogen and oxygen atoms in total. The minimum atomic E-state index is -0.486. The summed E-state index contributed by atoms with van der Waals surface area (Å²) < 4.78 is 13.9. The quantitative estimate of drug-likeness (QED) is 0.660. The Morgan fingerprint density at radius 3 is 2.60 bits per heavy atom. The van der Waals surface area contributed by atoms with Crippen molar-refractivity contribution in [1.82, 2.24) is 10.4 Å². The van der Waals surface area contributed by atoms with E-state index in [4.69, 9.17) is 12.2 Å². The van der Waals surface area contributed by atoms with Crippen molar-refractivity contribution in [2.24, 2.45) is 0 Å². The molecular formula is C18H13FN2O2S2. The van der Waals surface area contributed by atoms with E-state index in [1.54, 1.807) is 43.3 Å². The van der Waals surface area contributed by atoms with Gasteiger partial charge in [0.2, 0.25) is 0 Å². The molecule has 2 aromatic rings. The van der Waals surface area contributed by atoms with Crippen LogP contribution in [-0.2, 0) is 4.79 Å². The Balaban J connectivity index is 1.81. The molecule has 1 aliphatic heterocycles. The first-order valence-corrected chi connectivity index (χ1v) is 8.59. The van der Waals surface area contributed by atoms with Crippen LogP contribution in [0.1, 0.15) is 21.5 Å². The Hall–Kier alpha value is -2.51. The van der Waals surface area contributed by atoms with Crippen LogP contribution in [0.15, 0.2) is 53.4 Å². The van der Waals surface area contributed by atoms with Crippen LogP contribution in [0.5, 0.6) is 0 Å². The smallest absolute Gasteiger partial charge is 0.267 e. The molecule has 2 aromatic carbocycles. The first-order valence-electron chi connectivity index (χ1n) is 7.36. The number of hydrogen-bond acceptors (Lipinski definition) is 4. The number of thioether (sulfide) groups is 1. The van der Waals surface area contributed by atoms with Crippen LogP contribution in [0.3, 0.4) is 0 Å². The zero-order chi connectivity index (χ0) is 18.0. The van der Waals surface area contributed by atoms with Gasteiger partial charge in [-0.3, -0.25) is 15.0 Å². The molecule has 2 amide bonds. The number of benzene rings is 2. The number of halogens is 1. The lowest BCUT2D eigenvalue weighted by Crippen LogP contribution is -2.45. The van der Waals surface area contributed by atoms with Gasteiger partial charge < -0.3 is 0 Å². The van der Waals surface area contributed by atoms with Gasteiger partial charge in [0, 0.05) is 11.1 Å². The third-order valence-corrected chi connectivity index (χ3v) is 4.89. The molecule has 0 radical (unpaired) electrons. The molecule has 1 N–H and O–H groups in total. The number of amides is 2. The van der Waals surface area contributed by atoms with E-state index in [9.17, 15) is 14.0 Å². The Bertz CT molecular complexity index is 911. The molecule has 0 aromatic heterocycles. The summed E-state index contributed by atoms with van der Waals surface area (Å²) in [6.45, 7) is 1.80. The number of hydrogen-bond donors (Lipinski definition) is 1. The summed E-state index contributed by atoms with van der Waals surface area (Å²) in [4.78, 5) is 25.1. The number of aryl methyl sites for hydroxylation is 1. The molecule has 0 spiro atoms. The van der Waals surface area contributed by atoms with E-state index in [2.05, 4.69) is 5.43 Å². The summed E-state index contributed by atoms with van der Waals surface area (Å²) in [5.41, 5.74) is 4.04. The van der Waals surface area contributed by atoms with Crippen LogP contribution in [0.2, 0.25) is 0 Å². The van der Waals surface area contributed by atoms with Crippen molar-refractivity contribution in [1.29, 1.82) is 0 Å². The van der Waals surface area contributed by atoms with Crippen molar-refractivity contribution in [3.05, 3.63) is 75.9 Å². The van der Waals surface area contributed by atoms with Gasteiger partial charge in [-0.15, -0.1) is 0 Å². The minimum Gasteiger partial charge on any atom is -0.267 e. The topological polar surface area (TPSA) is 49.4 Å². The van der Waals surface area contributed by atoms with Crippen LogP contribution in [-0.4, -0.2) is 21.1 Å². The Kier molecular flexibility index (Phi) is 4.96. The molecule has 0 unspecified atom stereocenters. The van der Waals surface area contributed by atoms with Gasteiger partial charge in [0.25, 0.3) is 11.8 Å². The van der Waals surface area contributed by atoms with Gasteiger partial charge in [0.05, 0.1) is 4.91 Å². The van der Waals surface area contributed by atoms with E-state index in [0.29, 0.717) is 5.56 Å². The molecule has 1 fully saturated rings. The predicted molar refractivity (Wildman–Crippen MR) is 100 cm³/mol. The number of nitrogens with one attached hydrogen (secondary N) is 1. The summed E-state index contributed by atoms with van der Waals surface area (Å²) in [5, 5.41) is 1.02. The van der Waals surface area contributed by atoms with E-state index in [-0.39, 0.29) is 14.8 Å². The van der Waals surface area contributed by atoms with Crippen molar-refractivity contribution in [2.75, 3.05) is 0 Å². The van der Waals surface area contributed by atoms with Gasteiger partial charge >= 0.3 is 0 Å². The van der Waals surface area contributed by atoms with Crippen molar-refractivity contribution >= 4 is 46.2 Å². The third kappa shape index (κ3) is 3.62. The molecule has 25 heavy (non-hydrogen) atoms. The summed E-state index contributed by atoms with van der Waals surface area (Å²) in [6, 6.07) is 13.2. The van der Waals surface area contributed by atoms with Crippen LogP contribution in [0, 0.1) is 12.7 Å². The molecular weight excluding hydrogens is 359 g/mol. The van der Waals surface area contributed by atoms with E-state index < -0.39 is 17.6 Å². The lowest BCUT2D eigenvalue weighted by atomic mass is 10.1. The highest BCUT2D eigenvalue weighted by Gasteiger charge is 2.34. The highest BCUT2D eigenvalue weighted by atomic mass is 32.2. The molecule has 1 aliphatic rings. The lowest BCUT2D eigenvalue weighted by molar-refractivity contribution is -0.123. The molecule has 1 heterocycles. The maximum Gasteiger partial charge on any atom is 0.285 e. The molecule has 0 aliphatic carbocycles. The predicted octanol–water partition coefficient (Wildman–Crippen LogP) is 3.68. The van der Waals surface area contributed by atoms with Gasteiger partial charge in [-0.2, -0.15) is 5.01 Å². The summed E-state index contributed by atoms with van der Waals surface area (Å²) in [7, 11) is 0. The maximum absolute atomic E-state index is 13.8. The van der Waals surface area contributed by atoms with Gasteiger partial charge in [-0.25, -0.2) is 4.39 Å². The molecule has 7 heteroatoms. The van der Waals surface area contributed by atoms with Gasteiger partial charge in [0.1, 0.15) is 5.82 Å². The second-order valence-electron chi connectivity index (χ2n) is 5.29. The Labute approximate surface area is 153 Å². The van der Waals surface area contributed by atoms with Gasteiger partial charge in [-0.05, 0) is 42.9 Å². The minimum absolute atomic E-state index is 0.189. The van der Waals surface area contributed by atoms with Gasteiger partial charge in [0.15, 0.2) is 4.32 Å². The average molecular weight is 372 g/mol. The third-order valence-electron chi connectivity index (χ3n) is 3.59. The van der Waals surface area contributed by atoms with E-state index in [0.717, 1.165) is 22.3 Å². The Morgan fingerprint density at radius 1 is 1.20 bits per heavy atom. The second kappa shape index (κ2) is 7.16. The number of rotatable bonds is 3. The largest absolute Gasteiger partial charge is 0.285 e. The number of carbonyl (C=O) groups excluding carboxylic acids is 2. The van der Waals surface area contributed by atoms with Crippen LogP contribution >= 0.6 is 24.0 Å². The fourth-order valence-electron chi connectivity index (χ4n) is 2.29. The van der Waals surface area contributed by atoms with Crippen molar-refractivity contribution < 1.29 is 14.0 Å². The number of thiocarbonyl (C=S) groups is 1. The standard InChI is InChI=1S/C18H13FN2O2S2/c1-11-6-2-4-8-13(11)16(22)20-21-17(23)15(25-18(21)24)10-12-7-3-5-9-14(12)19/h2-10H,1H3,(H,20,22)/b15-10-. The van der Waals surface area contributed by atoms with Crippen molar-refractivity contribution in [3.63, 3.8) is 0 Å².